The largest absolute Gasteiger partial charge is 0.374 e. The van der Waals surface area contributed by atoms with E-state index in [1.54, 1.807) is 18.5 Å². The molecule has 0 radical (unpaired) electrons. The zero-order valence-electron chi connectivity index (χ0n) is 7.98. The molecule has 2 rings (SSSR count). The van der Waals surface area contributed by atoms with Crippen LogP contribution in [0.3, 0.4) is 0 Å². The summed E-state index contributed by atoms with van der Waals surface area (Å²) >= 11 is 5.94. The number of H-pyrrole nitrogens is 1. The molecule has 2 aromatic heterocycles. The molecule has 0 aliphatic carbocycles. The fourth-order valence-electron chi connectivity index (χ4n) is 1.14. The molecule has 0 aliphatic rings. The highest BCUT2D eigenvalue weighted by atomic mass is 35.5. The summed E-state index contributed by atoms with van der Waals surface area (Å²) in [6, 6.07) is 1.72. The summed E-state index contributed by atoms with van der Waals surface area (Å²) in [6.45, 7) is 1.92. The number of tetrazole rings is 1. The van der Waals surface area contributed by atoms with Gasteiger partial charge in [-0.1, -0.05) is 16.8 Å². The second kappa shape index (κ2) is 4.22. The van der Waals surface area contributed by atoms with E-state index >= 15 is 0 Å². The summed E-state index contributed by atoms with van der Waals surface area (Å²) in [5.41, 5.74) is 0.795. The van der Waals surface area contributed by atoms with Crippen molar-refractivity contribution in [3.05, 3.63) is 29.3 Å². The molecule has 1 atom stereocenters. The highest BCUT2D eigenvalue weighted by molar-refractivity contribution is 6.33. The minimum absolute atomic E-state index is 0.0661. The van der Waals surface area contributed by atoms with E-state index in [0.717, 1.165) is 5.69 Å². The van der Waals surface area contributed by atoms with Gasteiger partial charge < -0.3 is 5.32 Å². The van der Waals surface area contributed by atoms with Gasteiger partial charge >= 0.3 is 0 Å². The van der Waals surface area contributed by atoms with Crippen molar-refractivity contribution in [2.24, 2.45) is 0 Å². The summed E-state index contributed by atoms with van der Waals surface area (Å²) in [7, 11) is 0. The van der Waals surface area contributed by atoms with Crippen LogP contribution in [0.25, 0.3) is 0 Å². The van der Waals surface area contributed by atoms with Gasteiger partial charge in [-0.3, -0.25) is 4.98 Å². The number of aromatic nitrogens is 5. The highest BCUT2D eigenvalue weighted by Crippen LogP contribution is 2.23. The van der Waals surface area contributed by atoms with Crippen molar-refractivity contribution in [1.29, 1.82) is 0 Å². The van der Waals surface area contributed by atoms with Gasteiger partial charge in [0.15, 0.2) is 5.82 Å². The maximum atomic E-state index is 5.94. The Labute approximate surface area is 91.1 Å². The van der Waals surface area contributed by atoms with Gasteiger partial charge in [0, 0.05) is 12.4 Å². The molecule has 0 bridgehead atoms. The van der Waals surface area contributed by atoms with Gasteiger partial charge in [0.2, 0.25) is 0 Å². The molecule has 7 heteroatoms. The van der Waals surface area contributed by atoms with Crippen LogP contribution in [0.2, 0.25) is 5.02 Å². The van der Waals surface area contributed by atoms with Crippen LogP contribution in [0.4, 0.5) is 5.69 Å². The molecule has 0 fully saturated rings. The number of hydrogen-bond acceptors (Lipinski definition) is 5. The predicted molar refractivity (Wildman–Crippen MR) is 55.5 cm³/mol. The molecule has 1 unspecified atom stereocenters. The normalized spacial score (nSPS) is 12.4. The lowest BCUT2D eigenvalue weighted by atomic mass is 10.3. The van der Waals surface area contributed by atoms with Crippen LogP contribution >= 0.6 is 11.6 Å². The van der Waals surface area contributed by atoms with Crippen LogP contribution in [-0.4, -0.2) is 25.6 Å². The zero-order chi connectivity index (χ0) is 10.7. The monoisotopic (exact) mass is 224 g/mol. The fraction of sp³-hybridized carbons (Fsp3) is 0.250. The van der Waals surface area contributed by atoms with Crippen molar-refractivity contribution >= 4 is 17.3 Å². The van der Waals surface area contributed by atoms with E-state index < -0.39 is 0 Å². The topological polar surface area (TPSA) is 79.4 Å². The van der Waals surface area contributed by atoms with Gasteiger partial charge in [0.25, 0.3) is 0 Å². The molecule has 78 valence electrons. The van der Waals surface area contributed by atoms with E-state index in [1.165, 1.54) is 0 Å². The van der Waals surface area contributed by atoms with E-state index in [4.69, 9.17) is 11.6 Å². The van der Waals surface area contributed by atoms with E-state index in [9.17, 15) is 0 Å². The third-order valence-electron chi connectivity index (χ3n) is 1.89. The van der Waals surface area contributed by atoms with Gasteiger partial charge in [-0.05, 0) is 13.0 Å². The molecule has 0 aliphatic heterocycles. The molecule has 0 aromatic carbocycles. The van der Waals surface area contributed by atoms with Crippen molar-refractivity contribution in [2.45, 2.75) is 13.0 Å². The molecule has 2 aromatic rings. The number of rotatable bonds is 3. The van der Waals surface area contributed by atoms with Gasteiger partial charge in [-0.2, -0.15) is 5.21 Å². The first-order valence-corrected chi connectivity index (χ1v) is 4.74. The molecule has 15 heavy (non-hydrogen) atoms. The molecule has 0 amide bonds. The first-order chi connectivity index (χ1) is 7.27. The lowest BCUT2D eigenvalue weighted by Crippen LogP contribution is -2.08. The lowest BCUT2D eigenvalue weighted by molar-refractivity contribution is 0.793. The number of aromatic amines is 1. The number of nitrogens with one attached hydrogen (secondary N) is 2. The third kappa shape index (κ3) is 2.21. The van der Waals surface area contributed by atoms with Crippen LogP contribution in [-0.2, 0) is 0 Å². The average molecular weight is 225 g/mol. The predicted octanol–water partition coefficient (Wildman–Crippen LogP) is 1.42. The van der Waals surface area contributed by atoms with E-state index in [0.29, 0.717) is 10.8 Å². The van der Waals surface area contributed by atoms with Crippen LogP contribution in [0, 0.1) is 0 Å². The molecular formula is C8H9ClN6. The van der Waals surface area contributed by atoms with E-state index in [-0.39, 0.29) is 6.04 Å². The fourth-order valence-corrected chi connectivity index (χ4v) is 1.32. The molecule has 0 spiro atoms. The summed E-state index contributed by atoms with van der Waals surface area (Å²) in [4.78, 5) is 3.89. The molecule has 6 nitrogen and oxygen atoms in total. The average Bonchev–Trinajstić information content (AvgIpc) is 2.74. The number of pyridine rings is 1. The third-order valence-corrected chi connectivity index (χ3v) is 2.19. The Balaban J connectivity index is 2.13. The second-order valence-corrected chi connectivity index (χ2v) is 3.40. The van der Waals surface area contributed by atoms with Crippen molar-refractivity contribution in [2.75, 3.05) is 5.32 Å². The molecule has 0 saturated heterocycles. The Morgan fingerprint density at radius 3 is 3.07 bits per heavy atom. The van der Waals surface area contributed by atoms with Crippen LogP contribution in [0.1, 0.15) is 18.8 Å². The first kappa shape index (κ1) is 9.85. The quantitative estimate of drug-likeness (QED) is 0.824. The Kier molecular flexibility index (Phi) is 2.77. The SMILES string of the molecule is CC(Nc1ccncc1Cl)c1nn[nH]n1. The number of anilines is 1. The van der Waals surface area contributed by atoms with Gasteiger partial charge in [-0.25, -0.2) is 0 Å². The summed E-state index contributed by atoms with van der Waals surface area (Å²) in [5.74, 6) is 0.586. The summed E-state index contributed by atoms with van der Waals surface area (Å²) < 4.78 is 0. The number of halogens is 1. The Hall–Kier alpha value is -1.69. The minimum Gasteiger partial charge on any atom is -0.374 e. The number of nitrogens with zero attached hydrogens (tertiary/aromatic N) is 4. The van der Waals surface area contributed by atoms with Gasteiger partial charge in [-0.15, -0.1) is 10.2 Å². The van der Waals surface area contributed by atoms with Crippen LogP contribution in [0.5, 0.6) is 0 Å². The molecular weight excluding hydrogens is 216 g/mol. The second-order valence-electron chi connectivity index (χ2n) is 2.99. The maximum Gasteiger partial charge on any atom is 0.196 e. The Morgan fingerprint density at radius 1 is 1.53 bits per heavy atom. The smallest absolute Gasteiger partial charge is 0.196 e. The van der Waals surface area contributed by atoms with Crippen molar-refractivity contribution in [1.82, 2.24) is 25.6 Å². The summed E-state index contributed by atoms with van der Waals surface area (Å²) in [6.07, 6.45) is 3.24. The van der Waals surface area contributed by atoms with Crippen molar-refractivity contribution < 1.29 is 0 Å². The van der Waals surface area contributed by atoms with Gasteiger partial charge in [0.05, 0.1) is 16.8 Å². The minimum atomic E-state index is -0.0661. The standard InChI is InChI=1S/C8H9ClN6/c1-5(8-12-14-15-13-8)11-7-2-3-10-4-6(7)9/h2-5H,1H3,(H,10,11)(H,12,13,14,15). The van der Waals surface area contributed by atoms with Gasteiger partial charge in [0.1, 0.15) is 0 Å². The van der Waals surface area contributed by atoms with Crippen molar-refractivity contribution in [3.63, 3.8) is 0 Å². The first-order valence-electron chi connectivity index (χ1n) is 4.37. The molecule has 2 heterocycles. The zero-order valence-corrected chi connectivity index (χ0v) is 8.73. The number of hydrogen-bond donors (Lipinski definition) is 2. The maximum absolute atomic E-state index is 5.94. The highest BCUT2D eigenvalue weighted by Gasteiger charge is 2.11. The molecule has 0 saturated carbocycles. The Morgan fingerprint density at radius 2 is 2.40 bits per heavy atom. The van der Waals surface area contributed by atoms with Crippen molar-refractivity contribution in [3.8, 4) is 0 Å². The lowest BCUT2D eigenvalue weighted by Gasteiger charge is -2.11. The van der Waals surface area contributed by atoms with Crippen LogP contribution < -0.4 is 5.32 Å². The summed E-state index contributed by atoms with van der Waals surface area (Å²) in [5, 5.41) is 17.3. The van der Waals surface area contributed by atoms with E-state index in [2.05, 4.69) is 30.9 Å². The van der Waals surface area contributed by atoms with Crippen LogP contribution in [0.15, 0.2) is 18.5 Å². The Bertz CT molecular complexity index is 428. The van der Waals surface area contributed by atoms with E-state index in [1.807, 2.05) is 6.92 Å². The molecule has 2 N–H and O–H groups in total.